The van der Waals surface area contributed by atoms with Crippen LogP contribution in [0.1, 0.15) is 6.92 Å². The number of halogens is 2. The van der Waals surface area contributed by atoms with E-state index in [0.29, 0.717) is 45.2 Å². The number of urea groups is 1. The number of piperazine rings is 1. The summed E-state index contributed by atoms with van der Waals surface area (Å²) >= 11 is 0. The van der Waals surface area contributed by atoms with Gasteiger partial charge in [-0.2, -0.15) is 0 Å². The summed E-state index contributed by atoms with van der Waals surface area (Å²) in [6, 6.07) is 3.06. The van der Waals surface area contributed by atoms with Crippen molar-refractivity contribution in [3.05, 3.63) is 29.8 Å². The van der Waals surface area contributed by atoms with Crippen molar-refractivity contribution >= 4 is 23.6 Å². The van der Waals surface area contributed by atoms with E-state index in [0.717, 1.165) is 17.0 Å². The van der Waals surface area contributed by atoms with E-state index in [2.05, 4.69) is 15.6 Å². The standard InChI is InChI=1S/C18H24F2N6O2/c1-2-21-17(22-5-6-26-16(27)12-23-18(26)28)25-9-7-24(8-10-25)15-11-13(19)3-4-14(15)20/h3-4,11H,2,5-10,12H2,1H3,(H,21,22)(H,23,28). The topological polar surface area (TPSA) is 80.3 Å². The van der Waals surface area contributed by atoms with Crippen molar-refractivity contribution in [1.82, 2.24) is 20.4 Å². The lowest BCUT2D eigenvalue weighted by Crippen LogP contribution is -2.53. The fourth-order valence-corrected chi connectivity index (χ4v) is 3.25. The number of anilines is 1. The van der Waals surface area contributed by atoms with E-state index in [4.69, 9.17) is 0 Å². The molecule has 0 bridgehead atoms. The van der Waals surface area contributed by atoms with Crippen molar-refractivity contribution in [3.63, 3.8) is 0 Å². The molecule has 0 aromatic heterocycles. The summed E-state index contributed by atoms with van der Waals surface area (Å²) in [5, 5.41) is 5.67. The van der Waals surface area contributed by atoms with Crippen LogP contribution in [0.4, 0.5) is 19.3 Å². The van der Waals surface area contributed by atoms with E-state index >= 15 is 0 Å². The smallest absolute Gasteiger partial charge is 0.324 e. The highest BCUT2D eigenvalue weighted by molar-refractivity contribution is 6.01. The fourth-order valence-electron chi connectivity index (χ4n) is 3.25. The zero-order valence-corrected chi connectivity index (χ0v) is 15.8. The number of carbonyl (C=O) groups excluding carboxylic acids is 2. The number of benzene rings is 1. The second kappa shape index (κ2) is 8.85. The van der Waals surface area contributed by atoms with Gasteiger partial charge in [-0.1, -0.05) is 0 Å². The first-order chi connectivity index (χ1) is 13.5. The molecule has 0 saturated carbocycles. The number of amides is 3. The van der Waals surface area contributed by atoms with Crippen molar-refractivity contribution in [1.29, 1.82) is 0 Å². The molecule has 0 atom stereocenters. The molecule has 0 radical (unpaired) electrons. The number of nitrogens with one attached hydrogen (secondary N) is 2. The van der Waals surface area contributed by atoms with Gasteiger partial charge in [0.2, 0.25) is 5.91 Å². The quantitative estimate of drug-likeness (QED) is 0.435. The van der Waals surface area contributed by atoms with E-state index in [1.165, 1.54) is 6.07 Å². The molecule has 2 aliphatic rings. The predicted octanol–water partition coefficient (Wildman–Crippen LogP) is 0.604. The van der Waals surface area contributed by atoms with Crippen LogP contribution < -0.4 is 15.5 Å². The maximum absolute atomic E-state index is 14.0. The van der Waals surface area contributed by atoms with Crippen LogP contribution in [0.25, 0.3) is 0 Å². The summed E-state index contributed by atoms with van der Waals surface area (Å²) in [6.45, 7) is 5.38. The molecule has 152 valence electrons. The van der Waals surface area contributed by atoms with Gasteiger partial charge in [0.05, 0.1) is 25.3 Å². The van der Waals surface area contributed by atoms with Gasteiger partial charge in [0.15, 0.2) is 5.96 Å². The number of nitrogens with zero attached hydrogens (tertiary/aromatic N) is 4. The van der Waals surface area contributed by atoms with E-state index in [1.54, 1.807) is 0 Å². The Balaban J connectivity index is 1.58. The normalized spacial score (nSPS) is 18.0. The average molecular weight is 394 g/mol. The van der Waals surface area contributed by atoms with E-state index in [-0.39, 0.29) is 24.7 Å². The molecule has 2 N–H and O–H groups in total. The van der Waals surface area contributed by atoms with Crippen LogP contribution in [-0.4, -0.2) is 80.1 Å². The third-order valence-electron chi connectivity index (χ3n) is 4.69. The zero-order valence-electron chi connectivity index (χ0n) is 15.8. The molecule has 2 saturated heterocycles. The third-order valence-corrected chi connectivity index (χ3v) is 4.69. The minimum atomic E-state index is -0.464. The fraction of sp³-hybridized carbons (Fsp3) is 0.500. The van der Waals surface area contributed by atoms with Gasteiger partial charge >= 0.3 is 6.03 Å². The summed E-state index contributed by atoms with van der Waals surface area (Å²) < 4.78 is 27.4. The Kier molecular flexibility index (Phi) is 6.27. The van der Waals surface area contributed by atoms with Gasteiger partial charge in [-0.15, -0.1) is 0 Å². The Morgan fingerprint density at radius 3 is 2.61 bits per heavy atom. The largest absolute Gasteiger partial charge is 0.366 e. The number of hydrogen-bond acceptors (Lipinski definition) is 4. The number of carbonyl (C=O) groups is 2. The van der Waals surface area contributed by atoms with Crippen LogP contribution in [0, 0.1) is 11.6 Å². The second-order valence-electron chi connectivity index (χ2n) is 6.51. The maximum atomic E-state index is 14.0. The maximum Gasteiger partial charge on any atom is 0.324 e. The Morgan fingerprint density at radius 1 is 1.21 bits per heavy atom. The number of hydrogen-bond donors (Lipinski definition) is 2. The minimum Gasteiger partial charge on any atom is -0.366 e. The van der Waals surface area contributed by atoms with Gasteiger partial charge in [0.25, 0.3) is 0 Å². The van der Waals surface area contributed by atoms with Gasteiger partial charge in [0, 0.05) is 38.8 Å². The summed E-state index contributed by atoms with van der Waals surface area (Å²) in [5.74, 6) is -0.483. The molecule has 2 aliphatic heterocycles. The Bertz CT molecular complexity index is 748. The Hall–Kier alpha value is -2.91. The molecular weight excluding hydrogens is 370 g/mol. The first kappa shape index (κ1) is 19.8. The molecule has 3 rings (SSSR count). The van der Waals surface area contributed by atoms with Gasteiger partial charge < -0.3 is 20.4 Å². The first-order valence-corrected chi connectivity index (χ1v) is 9.31. The number of rotatable bonds is 5. The molecule has 1 aromatic rings. The van der Waals surface area contributed by atoms with Crippen LogP contribution in [0.2, 0.25) is 0 Å². The lowest BCUT2D eigenvalue weighted by molar-refractivity contribution is -0.124. The summed E-state index contributed by atoms with van der Waals surface area (Å²) in [6.07, 6.45) is 0. The predicted molar refractivity (Wildman–Crippen MR) is 101 cm³/mol. The van der Waals surface area contributed by atoms with E-state index in [9.17, 15) is 18.4 Å². The van der Waals surface area contributed by atoms with Gasteiger partial charge in [-0.05, 0) is 19.1 Å². The number of guanidine groups is 1. The highest BCUT2D eigenvalue weighted by Crippen LogP contribution is 2.21. The van der Waals surface area contributed by atoms with E-state index in [1.807, 2.05) is 16.7 Å². The highest BCUT2D eigenvalue weighted by Gasteiger charge is 2.28. The Labute approximate surface area is 162 Å². The molecule has 2 fully saturated rings. The molecule has 28 heavy (non-hydrogen) atoms. The van der Waals surface area contributed by atoms with Crippen molar-refractivity contribution in [2.75, 3.05) is 57.3 Å². The van der Waals surface area contributed by atoms with Gasteiger partial charge in [-0.3, -0.25) is 14.7 Å². The van der Waals surface area contributed by atoms with Crippen LogP contribution >= 0.6 is 0 Å². The first-order valence-electron chi connectivity index (χ1n) is 9.31. The molecular formula is C18H24F2N6O2. The third kappa shape index (κ3) is 4.49. The Morgan fingerprint density at radius 2 is 1.96 bits per heavy atom. The monoisotopic (exact) mass is 394 g/mol. The molecule has 1 aromatic carbocycles. The van der Waals surface area contributed by atoms with Crippen LogP contribution in [0.5, 0.6) is 0 Å². The van der Waals surface area contributed by atoms with Crippen molar-refractivity contribution in [2.24, 2.45) is 4.99 Å². The minimum absolute atomic E-state index is 0.0290. The van der Waals surface area contributed by atoms with Crippen LogP contribution in [0.15, 0.2) is 23.2 Å². The zero-order chi connectivity index (χ0) is 20.1. The summed E-state index contributed by atoms with van der Waals surface area (Å²) in [7, 11) is 0. The van der Waals surface area contributed by atoms with Crippen LogP contribution in [-0.2, 0) is 4.79 Å². The van der Waals surface area contributed by atoms with Gasteiger partial charge in [0.1, 0.15) is 11.6 Å². The lowest BCUT2D eigenvalue weighted by atomic mass is 10.2. The van der Waals surface area contributed by atoms with Crippen molar-refractivity contribution in [3.8, 4) is 0 Å². The molecule has 10 heteroatoms. The molecule has 8 nitrogen and oxygen atoms in total. The van der Waals surface area contributed by atoms with E-state index < -0.39 is 17.7 Å². The van der Waals surface area contributed by atoms with Gasteiger partial charge in [-0.25, -0.2) is 13.6 Å². The second-order valence-corrected chi connectivity index (χ2v) is 6.51. The van der Waals surface area contributed by atoms with Crippen molar-refractivity contribution < 1.29 is 18.4 Å². The molecule has 0 spiro atoms. The number of aliphatic imine (C=N–C) groups is 1. The van der Waals surface area contributed by atoms with Crippen LogP contribution in [0.3, 0.4) is 0 Å². The van der Waals surface area contributed by atoms with Crippen molar-refractivity contribution in [2.45, 2.75) is 6.92 Å². The molecule has 0 aliphatic carbocycles. The SMILES string of the molecule is CCNC(=NCCN1C(=O)CNC1=O)N1CCN(c2cc(F)ccc2F)CC1. The summed E-state index contributed by atoms with van der Waals surface area (Å²) in [4.78, 5) is 32.7. The molecule has 0 unspecified atom stereocenters. The number of imide groups is 1. The molecule has 2 heterocycles. The summed E-state index contributed by atoms with van der Waals surface area (Å²) in [5.41, 5.74) is 0.264. The molecule has 3 amide bonds. The average Bonchev–Trinajstić information content (AvgIpc) is 3.01. The lowest BCUT2D eigenvalue weighted by Gasteiger charge is -2.37. The highest BCUT2D eigenvalue weighted by atomic mass is 19.1.